The molecule has 20 heavy (non-hydrogen) atoms. The van der Waals surface area contributed by atoms with Gasteiger partial charge in [0.05, 0.1) is 25.8 Å². The number of nitrogens with one attached hydrogen (secondary N) is 1. The van der Waals surface area contributed by atoms with Gasteiger partial charge in [-0.15, -0.1) is 0 Å². The molecule has 0 fully saturated rings. The second-order valence-electron chi connectivity index (χ2n) is 4.46. The summed E-state index contributed by atoms with van der Waals surface area (Å²) in [7, 11) is 5.31. The van der Waals surface area contributed by atoms with Crippen molar-refractivity contribution in [3.05, 3.63) is 42.0 Å². The zero-order valence-electron chi connectivity index (χ0n) is 12.4. The van der Waals surface area contributed by atoms with Crippen LogP contribution in [0.2, 0.25) is 0 Å². The smallest absolute Gasteiger partial charge is 0.130 e. The van der Waals surface area contributed by atoms with Crippen LogP contribution in [-0.4, -0.2) is 30.3 Å². The summed E-state index contributed by atoms with van der Waals surface area (Å²) in [6.45, 7) is 2.89. The molecule has 0 radical (unpaired) electrons. The van der Waals surface area contributed by atoms with Crippen LogP contribution in [0.15, 0.2) is 30.6 Å². The Morgan fingerprint density at radius 1 is 1.25 bits per heavy atom. The summed E-state index contributed by atoms with van der Waals surface area (Å²) in [5, 5.41) is 3.45. The van der Waals surface area contributed by atoms with Crippen molar-refractivity contribution in [2.24, 2.45) is 7.05 Å². The molecule has 108 valence electrons. The first-order valence-electron chi connectivity index (χ1n) is 6.64. The molecule has 0 amide bonds. The molecule has 1 aromatic heterocycles. The number of aryl methyl sites for hydroxylation is 1. The van der Waals surface area contributed by atoms with E-state index in [1.54, 1.807) is 20.4 Å². The first-order chi connectivity index (χ1) is 9.72. The Morgan fingerprint density at radius 3 is 2.35 bits per heavy atom. The van der Waals surface area contributed by atoms with Crippen LogP contribution in [0.25, 0.3) is 0 Å². The fraction of sp³-hybridized carbons (Fsp3) is 0.400. The van der Waals surface area contributed by atoms with Gasteiger partial charge in [-0.25, -0.2) is 4.98 Å². The molecule has 0 spiro atoms. The maximum Gasteiger partial charge on any atom is 0.130 e. The molecule has 0 bridgehead atoms. The molecule has 1 atom stereocenters. The van der Waals surface area contributed by atoms with E-state index < -0.39 is 0 Å². The van der Waals surface area contributed by atoms with Crippen LogP contribution < -0.4 is 14.8 Å². The van der Waals surface area contributed by atoms with Crippen LogP contribution in [0.3, 0.4) is 0 Å². The third-order valence-electron chi connectivity index (χ3n) is 3.28. The number of benzene rings is 1. The lowest BCUT2D eigenvalue weighted by Gasteiger charge is -2.22. The average Bonchev–Trinajstić information content (AvgIpc) is 2.90. The highest BCUT2D eigenvalue weighted by molar-refractivity contribution is 5.49. The molecule has 0 saturated heterocycles. The predicted molar refractivity (Wildman–Crippen MR) is 78.3 cm³/mol. The van der Waals surface area contributed by atoms with E-state index in [1.165, 1.54) is 0 Å². The fourth-order valence-electron chi connectivity index (χ4n) is 2.35. The Bertz CT molecular complexity index is 544. The SMILES string of the molecule is CCNC(c1c(OC)cccc1OC)c1nccn1C. The van der Waals surface area contributed by atoms with Crippen molar-refractivity contribution in [3.8, 4) is 11.5 Å². The lowest BCUT2D eigenvalue weighted by Crippen LogP contribution is -2.25. The van der Waals surface area contributed by atoms with Gasteiger partial charge in [0.25, 0.3) is 0 Å². The van der Waals surface area contributed by atoms with Crippen LogP contribution in [0, 0.1) is 0 Å². The molecule has 5 heteroatoms. The van der Waals surface area contributed by atoms with Crippen LogP contribution in [0.4, 0.5) is 0 Å². The van der Waals surface area contributed by atoms with E-state index >= 15 is 0 Å². The third-order valence-corrected chi connectivity index (χ3v) is 3.28. The first kappa shape index (κ1) is 14.4. The normalized spacial score (nSPS) is 12.2. The van der Waals surface area contributed by atoms with Crippen molar-refractivity contribution in [2.75, 3.05) is 20.8 Å². The van der Waals surface area contributed by atoms with Crippen LogP contribution in [-0.2, 0) is 7.05 Å². The zero-order valence-corrected chi connectivity index (χ0v) is 12.4. The van der Waals surface area contributed by atoms with E-state index in [4.69, 9.17) is 9.47 Å². The van der Waals surface area contributed by atoms with Crippen molar-refractivity contribution in [1.29, 1.82) is 0 Å². The minimum Gasteiger partial charge on any atom is -0.496 e. The fourth-order valence-corrected chi connectivity index (χ4v) is 2.35. The van der Waals surface area contributed by atoms with Crippen LogP contribution >= 0.6 is 0 Å². The molecular weight excluding hydrogens is 254 g/mol. The Morgan fingerprint density at radius 2 is 1.90 bits per heavy atom. The standard InChI is InChI=1S/C15H21N3O2/c1-5-16-14(15-17-9-10-18(15)2)13-11(19-3)7-6-8-12(13)20-4/h6-10,14,16H,5H2,1-4H3. The van der Waals surface area contributed by atoms with E-state index in [9.17, 15) is 0 Å². The molecular formula is C15H21N3O2. The summed E-state index contributed by atoms with van der Waals surface area (Å²) in [6.07, 6.45) is 3.73. The van der Waals surface area contributed by atoms with Gasteiger partial charge in [-0.1, -0.05) is 13.0 Å². The summed E-state index contributed by atoms with van der Waals surface area (Å²) in [5.74, 6) is 2.51. The number of methoxy groups -OCH3 is 2. The molecule has 1 aromatic carbocycles. The van der Waals surface area contributed by atoms with Gasteiger partial charge in [0.2, 0.25) is 0 Å². The molecule has 1 N–H and O–H groups in total. The second-order valence-corrected chi connectivity index (χ2v) is 4.46. The molecule has 0 aliphatic rings. The minimum absolute atomic E-state index is 0.0777. The lowest BCUT2D eigenvalue weighted by atomic mass is 10.0. The quantitative estimate of drug-likeness (QED) is 0.877. The molecule has 2 aromatic rings. The number of hydrogen-bond donors (Lipinski definition) is 1. The molecule has 0 aliphatic heterocycles. The number of ether oxygens (including phenoxy) is 2. The van der Waals surface area contributed by atoms with Gasteiger partial charge in [0.15, 0.2) is 0 Å². The van der Waals surface area contributed by atoms with E-state index in [0.29, 0.717) is 0 Å². The lowest BCUT2D eigenvalue weighted by molar-refractivity contribution is 0.375. The number of hydrogen-bond acceptors (Lipinski definition) is 4. The van der Waals surface area contributed by atoms with E-state index in [1.807, 2.05) is 36.0 Å². The number of rotatable bonds is 6. The summed E-state index contributed by atoms with van der Waals surface area (Å²) < 4.78 is 13.0. The van der Waals surface area contributed by atoms with Crippen molar-refractivity contribution < 1.29 is 9.47 Å². The monoisotopic (exact) mass is 275 g/mol. The largest absolute Gasteiger partial charge is 0.496 e. The Hall–Kier alpha value is -2.01. The molecule has 5 nitrogen and oxygen atoms in total. The minimum atomic E-state index is -0.0777. The molecule has 1 heterocycles. The van der Waals surface area contributed by atoms with Crippen molar-refractivity contribution in [2.45, 2.75) is 13.0 Å². The van der Waals surface area contributed by atoms with Gasteiger partial charge in [0, 0.05) is 19.4 Å². The highest BCUT2D eigenvalue weighted by atomic mass is 16.5. The summed E-state index contributed by atoms with van der Waals surface area (Å²) in [6, 6.07) is 5.71. The van der Waals surface area contributed by atoms with E-state index in [2.05, 4.69) is 17.2 Å². The molecule has 0 aliphatic carbocycles. The van der Waals surface area contributed by atoms with E-state index in [0.717, 1.165) is 29.4 Å². The molecule has 0 saturated carbocycles. The van der Waals surface area contributed by atoms with Gasteiger partial charge in [-0.05, 0) is 18.7 Å². The van der Waals surface area contributed by atoms with Crippen LogP contribution in [0.5, 0.6) is 11.5 Å². The predicted octanol–water partition coefficient (Wildman–Crippen LogP) is 2.14. The summed E-state index contributed by atoms with van der Waals surface area (Å²) in [4.78, 5) is 4.45. The average molecular weight is 275 g/mol. The van der Waals surface area contributed by atoms with Gasteiger partial charge in [0.1, 0.15) is 17.3 Å². The summed E-state index contributed by atoms with van der Waals surface area (Å²) >= 11 is 0. The Balaban J connectivity index is 2.57. The molecule has 2 rings (SSSR count). The van der Waals surface area contributed by atoms with Crippen molar-refractivity contribution >= 4 is 0 Å². The maximum absolute atomic E-state index is 5.50. The maximum atomic E-state index is 5.50. The van der Waals surface area contributed by atoms with Gasteiger partial charge in [-0.3, -0.25) is 0 Å². The highest BCUT2D eigenvalue weighted by Crippen LogP contribution is 2.36. The number of imidazole rings is 1. The van der Waals surface area contributed by atoms with Gasteiger partial charge >= 0.3 is 0 Å². The topological polar surface area (TPSA) is 48.3 Å². The number of nitrogens with zero attached hydrogens (tertiary/aromatic N) is 2. The third kappa shape index (κ3) is 2.63. The number of aromatic nitrogens is 2. The Labute approximate surface area is 119 Å². The first-order valence-corrected chi connectivity index (χ1v) is 6.64. The second kappa shape index (κ2) is 6.43. The van der Waals surface area contributed by atoms with Crippen molar-refractivity contribution in [3.63, 3.8) is 0 Å². The zero-order chi connectivity index (χ0) is 14.5. The molecule has 1 unspecified atom stereocenters. The van der Waals surface area contributed by atoms with Crippen LogP contribution in [0.1, 0.15) is 24.4 Å². The summed E-state index contributed by atoms with van der Waals surface area (Å²) in [5.41, 5.74) is 0.966. The van der Waals surface area contributed by atoms with Crippen molar-refractivity contribution in [1.82, 2.24) is 14.9 Å². The van der Waals surface area contributed by atoms with Gasteiger partial charge in [-0.2, -0.15) is 0 Å². The highest BCUT2D eigenvalue weighted by Gasteiger charge is 2.24. The van der Waals surface area contributed by atoms with Gasteiger partial charge < -0.3 is 19.4 Å². The Kier molecular flexibility index (Phi) is 4.63. The van der Waals surface area contributed by atoms with E-state index in [-0.39, 0.29) is 6.04 Å².